The molecule has 5 N–H and O–H groups in total. The van der Waals surface area contributed by atoms with E-state index >= 15 is 0 Å². The first kappa shape index (κ1) is 37.5. The summed E-state index contributed by atoms with van der Waals surface area (Å²) in [4.78, 5) is 44.5. The van der Waals surface area contributed by atoms with Gasteiger partial charge >= 0.3 is 13.8 Å². The molecule has 0 aliphatic heterocycles. The van der Waals surface area contributed by atoms with E-state index in [9.17, 15) is 28.9 Å². The monoisotopic (exact) mass is 616 g/mol. The number of rotatable bonds is 24. The molecule has 2 amide bonds. The Kier molecular flexibility index (Phi) is 19.0. The van der Waals surface area contributed by atoms with Crippen molar-refractivity contribution >= 4 is 25.6 Å². The Morgan fingerprint density at radius 2 is 1.67 bits per heavy atom. The van der Waals surface area contributed by atoms with E-state index in [-0.39, 0.29) is 18.9 Å². The van der Waals surface area contributed by atoms with E-state index in [0.29, 0.717) is 13.0 Å². The number of hydrogen-bond donors (Lipinski definition) is 5. The fraction of sp³-hybridized carbons (Fsp3) is 0.690. The Labute approximate surface area is 249 Å². The molecule has 1 unspecified atom stereocenters. The summed E-state index contributed by atoms with van der Waals surface area (Å²) >= 11 is 0. The first-order chi connectivity index (χ1) is 19.9. The van der Waals surface area contributed by atoms with Gasteiger partial charge in [-0.05, 0) is 37.5 Å². The maximum Gasteiger partial charge on any atom is 0.472 e. The molecule has 0 aliphatic rings. The molecule has 1 aromatic carbocycles. The van der Waals surface area contributed by atoms with Crippen LogP contribution in [0.4, 0.5) is 0 Å². The Morgan fingerprint density at radius 1 is 1.02 bits per heavy atom. The normalized spacial score (nSPS) is 14.8. The van der Waals surface area contributed by atoms with E-state index in [2.05, 4.69) is 17.6 Å². The second kappa shape index (κ2) is 21.2. The molecule has 0 saturated heterocycles. The fourth-order valence-electron chi connectivity index (χ4n) is 4.11. The van der Waals surface area contributed by atoms with Crippen LogP contribution in [0.1, 0.15) is 90.5 Å². The second-order valence-corrected chi connectivity index (χ2v) is 11.8. The molecule has 4 atom stereocenters. The van der Waals surface area contributed by atoms with Gasteiger partial charge in [0.1, 0.15) is 5.75 Å². The van der Waals surface area contributed by atoms with Crippen LogP contribution in [0.15, 0.2) is 24.3 Å². The Bertz CT molecular complexity index is 993. The molecule has 240 valence electrons. The average molecular weight is 617 g/mol. The fourth-order valence-corrected chi connectivity index (χ4v) is 5.07. The number of carboxylic acid groups (broad SMARTS) is 1. The number of hydrogen-bond acceptors (Lipinski definition) is 8. The number of phosphoric ester groups is 1. The predicted molar refractivity (Wildman–Crippen MR) is 158 cm³/mol. The predicted octanol–water partition coefficient (Wildman–Crippen LogP) is 4.12. The number of ether oxygens (including phenoxy) is 1. The molecule has 42 heavy (non-hydrogen) atoms. The highest BCUT2D eigenvalue weighted by Gasteiger charge is 2.34. The van der Waals surface area contributed by atoms with Crippen molar-refractivity contribution in [3.63, 3.8) is 0 Å². The molecule has 1 aromatic rings. The second-order valence-electron chi connectivity index (χ2n) is 10.4. The van der Waals surface area contributed by atoms with Crippen molar-refractivity contribution in [2.24, 2.45) is 0 Å². The van der Waals surface area contributed by atoms with Crippen LogP contribution in [0.5, 0.6) is 5.75 Å². The van der Waals surface area contributed by atoms with Gasteiger partial charge in [0.25, 0.3) is 0 Å². The number of benzene rings is 1. The molecule has 0 radical (unpaired) electrons. The summed E-state index contributed by atoms with van der Waals surface area (Å²) in [7, 11) is -4.76. The van der Waals surface area contributed by atoms with Crippen molar-refractivity contribution in [2.45, 2.75) is 110 Å². The van der Waals surface area contributed by atoms with Crippen LogP contribution in [0.2, 0.25) is 0 Å². The SMILES string of the molecule is CCCCCCCCCCCOc1cccc(CCC(=O)NC[C@@H](O)COP(=O)(O)O[C@@H](C)[C@H](NC(C)=O)C(=O)O)c1. The number of carbonyl (C=O) groups is 3. The van der Waals surface area contributed by atoms with Gasteiger partial charge in [0, 0.05) is 19.9 Å². The van der Waals surface area contributed by atoms with Crippen molar-refractivity contribution in [1.29, 1.82) is 0 Å². The van der Waals surface area contributed by atoms with E-state index in [1.54, 1.807) is 0 Å². The third-order valence-electron chi connectivity index (χ3n) is 6.41. The summed E-state index contributed by atoms with van der Waals surface area (Å²) in [5.41, 5.74) is 0.935. The minimum Gasteiger partial charge on any atom is -0.494 e. The maximum absolute atomic E-state index is 12.2. The van der Waals surface area contributed by atoms with Crippen LogP contribution in [-0.4, -0.2) is 70.9 Å². The molecular formula is C29H49N2O10P. The molecule has 1 rings (SSSR count). The highest BCUT2D eigenvalue weighted by Crippen LogP contribution is 2.45. The van der Waals surface area contributed by atoms with E-state index in [1.165, 1.54) is 51.9 Å². The zero-order valence-corrected chi connectivity index (χ0v) is 26.0. The summed E-state index contributed by atoms with van der Waals surface area (Å²) in [6, 6.07) is 6.00. The van der Waals surface area contributed by atoms with Crippen molar-refractivity contribution in [3.05, 3.63) is 29.8 Å². The van der Waals surface area contributed by atoms with Gasteiger partial charge in [-0.25, -0.2) is 9.36 Å². The number of carboxylic acids is 1. The van der Waals surface area contributed by atoms with E-state index in [4.69, 9.17) is 18.9 Å². The number of aliphatic carboxylic acids is 1. The molecule has 0 bridgehead atoms. The Balaban J connectivity index is 2.29. The zero-order chi connectivity index (χ0) is 31.4. The summed E-state index contributed by atoms with van der Waals surface area (Å²) in [5, 5.41) is 23.8. The Hall–Kier alpha value is -2.50. The largest absolute Gasteiger partial charge is 0.494 e. The van der Waals surface area contributed by atoms with Crippen molar-refractivity contribution in [2.75, 3.05) is 19.8 Å². The zero-order valence-electron chi connectivity index (χ0n) is 25.1. The van der Waals surface area contributed by atoms with Gasteiger partial charge in [-0.3, -0.25) is 18.6 Å². The van der Waals surface area contributed by atoms with Gasteiger partial charge in [-0.2, -0.15) is 0 Å². The smallest absolute Gasteiger partial charge is 0.472 e. The van der Waals surface area contributed by atoms with Gasteiger partial charge in [0.05, 0.1) is 25.4 Å². The molecule has 0 heterocycles. The number of aryl methyl sites for hydroxylation is 1. The minimum atomic E-state index is -4.76. The quantitative estimate of drug-likeness (QED) is 0.0837. The van der Waals surface area contributed by atoms with Crippen molar-refractivity contribution < 1.29 is 47.8 Å². The molecule has 12 nitrogen and oxygen atoms in total. The lowest BCUT2D eigenvalue weighted by atomic mass is 10.1. The van der Waals surface area contributed by atoms with Crippen LogP contribution in [0, 0.1) is 0 Å². The summed E-state index contributed by atoms with van der Waals surface area (Å²) < 4.78 is 27.5. The Morgan fingerprint density at radius 3 is 2.29 bits per heavy atom. The molecule has 13 heteroatoms. The number of aliphatic hydroxyl groups excluding tert-OH is 1. The van der Waals surface area contributed by atoms with Gasteiger partial charge in [0.15, 0.2) is 6.04 Å². The lowest BCUT2D eigenvalue weighted by Crippen LogP contribution is -2.47. The summed E-state index contributed by atoms with van der Waals surface area (Å²) in [6.07, 6.45) is 9.12. The summed E-state index contributed by atoms with van der Waals surface area (Å²) in [5.74, 6) is -1.69. The maximum atomic E-state index is 12.2. The standard InChI is InChI=1S/C29H49N2O10P/c1-4-5-6-7-8-9-10-11-12-18-39-26-15-13-14-24(19-26)16-17-27(34)30-20-25(33)21-40-42(37,38)41-22(2)28(29(35)36)31-23(3)32/h13-15,19,22,25,28,33H,4-12,16-18,20-21H2,1-3H3,(H,30,34)(H,31,32)(H,35,36)(H,37,38)/t22-,25+,28-/m0/s1. The lowest BCUT2D eigenvalue weighted by Gasteiger charge is -2.23. The number of carbonyl (C=O) groups excluding carboxylic acids is 2. The number of nitrogens with one attached hydrogen (secondary N) is 2. The topological polar surface area (TPSA) is 181 Å². The first-order valence-corrected chi connectivity index (χ1v) is 16.2. The molecule has 0 spiro atoms. The van der Waals surface area contributed by atoms with Crippen LogP contribution in [0.3, 0.4) is 0 Å². The molecule has 0 fully saturated rings. The molecule has 0 saturated carbocycles. The number of amides is 2. The summed E-state index contributed by atoms with van der Waals surface area (Å²) in [6.45, 7) is 4.26. The third-order valence-corrected chi connectivity index (χ3v) is 7.49. The number of phosphoric acid groups is 1. The van der Waals surface area contributed by atoms with Gasteiger partial charge < -0.3 is 30.5 Å². The minimum absolute atomic E-state index is 0.161. The van der Waals surface area contributed by atoms with E-state index in [0.717, 1.165) is 31.1 Å². The van der Waals surface area contributed by atoms with Crippen molar-refractivity contribution in [3.8, 4) is 5.75 Å². The highest BCUT2D eigenvalue weighted by atomic mass is 31.2. The first-order valence-electron chi connectivity index (χ1n) is 14.8. The van der Waals surface area contributed by atoms with Crippen LogP contribution in [-0.2, 0) is 34.4 Å². The van der Waals surface area contributed by atoms with E-state index in [1.807, 2.05) is 24.3 Å². The van der Waals surface area contributed by atoms with Gasteiger partial charge in [-0.15, -0.1) is 0 Å². The van der Waals surface area contributed by atoms with Gasteiger partial charge in [0.2, 0.25) is 11.8 Å². The van der Waals surface area contributed by atoms with Crippen LogP contribution >= 0.6 is 7.82 Å². The van der Waals surface area contributed by atoms with Crippen LogP contribution in [0.25, 0.3) is 0 Å². The molecular weight excluding hydrogens is 567 g/mol. The van der Waals surface area contributed by atoms with Crippen LogP contribution < -0.4 is 15.4 Å². The van der Waals surface area contributed by atoms with E-state index < -0.39 is 44.6 Å². The third kappa shape index (κ3) is 18.1. The molecule has 0 aromatic heterocycles. The highest BCUT2D eigenvalue weighted by molar-refractivity contribution is 7.47. The lowest BCUT2D eigenvalue weighted by molar-refractivity contribution is -0.144. The van der Waals surface area contributed by atoms with Gasteiger partial charge in [-0.1, -0.05) is 70.4 Å². The number of aliphatic hydroxyl groups is 1. The van der Waals surface area contributed by atoms with Crippen molar-refractivity contribution in [1.82, 2.24) is 10.6 Å². The molecule has 0 aliphatic carbocycles. The average Bonchev–Trinajstić information content (AvgIpc) is 2.93. The number of unbranched alkanes of at least 4 members (excludes halogenated alkanes) is 8.